The number of benzene rings is 1. The van der Waals surface area contributed by atoms with Gasteiger partial charge in [-0.2, -0.15) is 0 Å². The standard InChI is InChI=1S/C8H8BrClN2S/c1-4-6(10)3-2-5(9)7(4)12-8(11)13/h2-3H,1H3,(H3,11,12,13). The Morgan fingerprint density at radius 1 is 1.62 bits per heavy atom. The van der Waals surface area contributed by atoms with Gasteiger partial charge in [0.25, 0.3) is 0 Å². The quantitative estimate of drug-likeness (QED) is 0.776. The molecule has 0 fully saturated rings. The van der Waals surface area contributed by atoms with Crippen molar-refractivity contribution in [2.24, 2.45) is 5.73 Å². The number of halogens is 2. The van der Waals surface area contributed by atoms with Crippen LogP contribution in [-0.4, -0.2) is 5.11 Å². The summed E-state index contributed by atoms with van der Waals surface area (Å²) in [6, 6.07) is 3.65. The molecule has 2 nitrogen and oxygen atoms in total. The van der Waals surface area contributed by atoms with E-state index in [2.05, 4.69) is 21.2 Å². The highest BCUT2D eigenvalue weighted by atomic mass is 79.9. The van der Waals surface area contributed by atoms with E-state index >= 15 is 0 Å². The second kappa shape index (κ2) is 4.26. The van der Waals surface area contributed by atoms with E-state index in [-0.39, 0.29) is 5.11 Å². The Balaban J connectivity index is 3.17. The van der Waals surface area contributed by atoms with Gasteiger partial charge in [-0.3, -0.25) is 0 Å². The van der Waals surface area contributed by atoms with Crippen LogP contribution in [0.3, 0.4) is 0 Å². The summed E-state index contributed by atoms with van der Waals surface area (Å²) >= 11 is 14.0. The first kappa shape index (κ1) is 10.8. The first-order chi connectivity index (χ1) is 6.02. The lowest BCUT2D eigenvalue weighted by Crippen LogP contribution is -2.19. The van der Waals surface area contributed by atoms with Crippen LogP contribution in [-0.2, 0) is 0 Å². The molecule has 1 aromatic rings. The van der Waals surface area contributed by atoms with E-state index in [0.717, 1.165) is 15.7 Å². The monoisotopic (exact) mass is 278 g/mol. The first-order valence-electron chi connectivity index (χ1n) is 3.53. The Kier molecular flexibility index (Phi) is 3.53. The molecule has 0 spiro atoms. The maximum atomic E-state index is 5.92. The molecule has 0 aliphatic heterocycles. The molecule has 5 heteroatoms. The zero-order valence-electron chi connectivity index (χ0n) is 6.90. The van der Waals surface area contributed by atoms with E-state index in [1.54, 1.807) is 0 Å². The molecule has 0 saturated heterocycles. The van der Waals surface area contributed by atoms with Gasteiger partial charge < -0.3 is 11.1 Å². The molecule has 0 saturated carbocycles. The summed E-state index contributed by atoms with van der Waals surface area (Å²) in [4.78, 5) is 0. The van der Waals surface area contributed by atoms with E-state index in [9.17, 15) is 0 Å². The molecule has 1 rings (SSSR count). The van der Waals surface area contributed by atoms with Crippen LogP contribution >= 0.6 is 39.7 Å². The smallest absolute Gasteiger partial charge is 0.168 e. The zero-order chi connectivity index (χ0) is 10.0. The van der Waals surface area contributed by atoms with Crippen LogP contribution in [0.25, 0.3) is 0 Å². The highest BCUT2D eigenvalue weighted by molar-refractivity contribution is 9.10. The van der Waals surface area contributed by atoms with E-state index in [1.807, 2.05) is 19.1 Å². The highest BCUT2D eigenvalue weighted by Gasteiger charge is 2.06. The third kappa shape index (κ3) is 2.56. The number of hydrogen-bond donors (Lipinski definition) is 2. The van der Waals surface area contributed by atoms with E-state index in [0.29, 0.717) is 5.02 Å². The Labute approximate surface area is 95.6 Å². The van der Waals surface area contributed by atoms with Gasteiger partial charge in [-0.05, 0) is 52.8 Å². The number of thiocarbonyl (C=S) groups is 1. The van der Waals surface area contributed by atoms with Crippen LogP contribution in [0.15, 0.2) is 16.6 Å². The summed E-state index contributed by atoms with van der Waals surface area (Å²) in [6.45, 7) is 1.90. The van der Waals surface area contributed by atoms with Crippen molar-refractivity contribution in [2.75, 3.05) is 5.32 Å². The van der Waals surface area contributed by atoms with Crippen LogP contribution in [0.5, 0.6) is 0 Å². The molecule has 0 bridgehead atoms. The molecular formula is C8H8BrClN2S. The van der Waals surface area contributed by atoms with Crippen molar-refractivity contribution in [3.8, 4) is 0 Å². The largest absolute Gasteiger partial charge is 0.376 e. The predicted octanol–water partition coefficient (Wildman–Crippen LogP) is 3.07. The number of nitrogens with two attached hydrogens (primary N) is 1. The van der Waals surface area contributed by atoms with Gasteiger partial charge in [0.05, 0.1) is 5.69 Å². The number of hydrogen-bond acceptors (Lipinski definition) is 1. The highest BCUT2D eigenvalue weighted by Crippen LogP contribution is 2.30. The zero-order valence-corrected chi connectivity index (χ0v) is 10.1. The van der Waals surface area contributed by atoms with E-state index in [4.69, 9.17) is 29.6 Å². The van der Waals surface area contributed by atoms with Crippen LogP contribution < -0.4 is 11.1 Å². The molecule has 0 amide bonds. The summed E-state index contributed by atoms with van der Waals surface area (Å²) < 4.78 is 0.891. The Hall–Kier alpha value is -0.320. The molecule has 0 heterocycles. The normalized spacial score (nSPS) is 9.77. The van der Waals surface area contributed by atoms with Gasteiger partial charge in [-0.15, -0.1) is 0 Å². The van der Waals surface area contributed by atoms with Gasteiger partial charge in [-0.25, -0.2) is 0 Å². The second-order valence-electron chi connectivity index (χ2n) is 2.52. The third-order valence-electron chi connectivity index (χ3n) is 1.60. The minimum Gasteiger partial charge on any atom is -0.376 e. The first-order valence-corrected chi connectivity index (χ1v) is 5.11. The third-order valence-corrected chi connectivity index (χ3v) is 2.77. The van der Waals surface area contributed by atoms with Gasteiger partial charge in [0, 0.05) is 9.50 Å². The van der Waals surface area contributed by atoms with Crippen LogP contribution in [0, 0.1) is 6.92 Å². The second-order valence-corrected chi connectivity index (χ2v) is 4.22. The van der Waals surface area contributed by atoms with Gasteiger partial charge >= 0.3 is 0 Å². The van der Waals surface area contributed by atoms with Crippen molar-refractivity contribution in [2.45, 2.75) is 6.92 Å². The van der Waals surface area contributed by atoms with Crippen molar-refractivity contribution in [3.05, 3.63) is 27.2 Å². The minimum atomic E-state index is 0.228. The maximum absolute atomic E-state index is 5.92. The SMILES string of the molecule is Cc1c(Cl)ccc(Br)c1NC(N)=S. The molecular weight excluding hydrogens is 272 g/mol. The molecule has 70 valence electrons. The summed E-state index contributed by atoms with van der Waals surface area (Å²) in [5, 5.41) is 3.77. The molecule has 0 aliphatic rings. The summed E-state index contributed by atoms with van der Waals surface area (Å²) in [7, 11) is 0. The fourth-order valence-corrected chi connectivity index (χ4v) is 1.72. The van der Waals surface area contributed by atoms with Gasteiger partial charge in [0.1, 0.15) is 0 Å². The van der Waals surface area contributed by atoms with Crippen molar-refractivity contribution in [1.29, 1.82) is 0 Å². The molecule has 0 aliphatic carbocycles. The molecule has 0 aromatic heterocycles. The predicted molar refractivity (Wildman–Crippen MR) is 64.3 cm³/mol. The molecule has 0 atom stereocenters. The Morgan fingerprint density at radius 2 is 2.23 bits per heavy atom. The van der Waals surface area contributed by atoms with Crippen LogP contribution in [0.2, 0.25) is 5.02 Å². The molecule has 1 aromatic carbocycles. The van der Waals surface area contributed by atoms with Crippen LogP contribution in [0.4, 0.5) is 5.69 Å². The van der Waals surface area contributed by atoms with Crippen molar-refractivity contribution < 1.29 is 0 Å². The van der Waals surface area contributed by atoms with Crippen molar-refractivity contribution in [3.63, 3.8) is 0 Å². The Morgan fingerprint density at radius 3 is 2.77 bits per heavy atom. The van der Waals surface area contributed by atoms with Crippen molar-refractivity contribution in [1.82, 2.24) is 0 Å². The maximum Gasteiger partial charge on any atom is 0.168 e. The number of rotatable bonds is 1. The summed E-state index contributed by atoms with van der Waals surface area (Å²) in [5.74, 6) is 0. The molecule has 0 radical (unpaired) electrons. The molecule has 3 N–H and O–H groups in total. The number of anilines is 1. The summed E-state index contributed by atoms with van der Waals surface area (Å²) in [6.07, 6.45) is 0. The average molecular weight is 280 g/mol. The van der Waals surface area contributed by atoms with Crippen LogP contribution in [0.1, 0.15) is 5.56 Å². The molecule has 13 heavy (non-hydrogen) atoms. The average Bonchev–Trinajstić information content (AvgIpc) is 2.05. The van der Waals surface area contributed by atoms with E-state index < -0.39 is 0 Å². The fraction of sp³-hybridized carbons (Fsp3) is 0.125. The topological polar surface area (TPSA) is 38.0 Å². The lowest BCUT2D eigenvalue weighted by Gasteiger charge is -2.10. The van der Waals surface area contributed by atoms with Gasteiger partial charge in [0.2, 0.25) is 0 Å². The lowest BCUT2D eigenvalue weighted by atomic mass is 10.2. The van der Waals surface area contributed by atoms with Crippen molar-refractivity contribution >= 4 is 50.5 Å². The minimum absolute atomic E-state index is 0.228. The van der Waals surface area contributed by atoms with E-state index in [1.165, 1.54) is 0 Å². The van der Waals surface area contributed by atoms with Gasteiger partial charge in [0.15, 0.2) is 5.11 Å². The van der Waals surface area contributed by atoms with Gasteiger partial charge in [-0.1, -0.05) is 11.6 Å². The fourth-order valence-electron chi connectivity index (χ4n) is 0.930. The summed E-state index contributed by atoms with van der Waals surface area (Å²) in [5.41, 5.74) is 7.11. The number of nitrogens with one attached hydrogen (secondary N) is 1. The molecule has 0 unspecified atom stereocenters. The lowest BCUT2D eigenvalue weighted by molar-refractivity contribution is 1.43. The Bertz CT molecular complexity index is 354.